The van der Waals surface area contributed by atoms with E-state index in [1.54, 1.807) is 0 Å². The number of para-hydroxylation sites is 2. The summed E-state index contributed by atoms with van der Waals surface area (Å²) in [5, 5.41) is 11.3. The molecule has 3 aromatic heterocycles. The fourth-order valence-electron chi connectivity index (χ4n) is 8.61. The SMILES string of the molecule is c1ccc(C2=NC(c3ccccc3)NC(c3ccc4sc5cccc(-c6ccc7sc8cc(-n9c%10ccccc%10c%10ccccc%109)ccc8c7c6)c5c4c3)=N2)cc1. The topological polar surface area (TPSA) is 41.7 Å². The predicted octanol–water partition coefficient (Wildman–Crippen LogP) is 13.7. The van der Waals surface area contributed by atoms with E-state index < -0.39 is 0 Å². The summed E-state index contributed by atoms with van der Waals surface area (Å²) in [5.41, 5.74) is 9.25. The van der Waals surface area contributed by atoms with Crippen LogP contribution in [-0.2, 0) is 0 Å². The minimum absolute atomic E-state index is 0.246. The Labute approximate surface area is 336 Å². The minimum Gasteiger partial charge on any atom is -0.344 e. The molecule has 12 rings (SSSR count). The molecule has 0 saturated carbocycles. The van der Waals surface area contributed by atoms with E-state index in [4.69, 9.17) is 9.98 Å². The molecule has 0 fully saturated rings. The minimum atomic E-state index is -0.246. The van der Waals surface area contributed by atoms with E-state index in [0.717, 1.165) is 28.4 Å². The maximum absolute atomic E-state index is 5.12. The second-order valence-corrected chi connectivity index (χ2v) is 16.8. The van der Waals surface area contributed by atoms with Crippen LogP contribution in [-0.4, -0.2) is 16.2 Å². The van der Waals surface area contributed by atoms with Gasteiger partial charge < -0.3 is 9.88 Å². The normalized spacial score (nSPS) is 14.5. The summed E-state index contributed by atoms with van der Waals surface area (Å²) in [6.45, 7) is 0. The van der Waals surface area contributed by atoms with Crippen molar-refractivity contribution in [1.29, 1.82) is 0 Å². The molecule has 57 heavy (non-hydrogen) atoms. The number of hydrogen-bond donors (Lipinski definition) is 1. The molecule has 0 radical (unpaired) electrons. The summed E-state index contributed by atoms with van der Waals surface area (Å²) >= 11 is 3.72. The molecular formula is C51H32N4S2. The lowest BCUT2D eigenvalue weighted by Gasteiger charge is -2.23. The summed E-state index contributed by atoms with van der Waals surface area (Å²) in [6.07, 6.45) is -0.246. The smallest absolute Gasteiger partial charge is 0.159 e. The largest absolute Gasteiger partial charge is 0.344 e. The van der Waals surface area contributed by atoms with Gasteiger partial charge in [0.25, 0.3) is 0 Å². The van der Waals surface area contributed by atoms with Crippen LogP contribution in [0, 0.1) is 0 Å². The van der Waals surface area contributed by atoms with Gasteiger partial charge in [-0.2, -0.15) is 0 Å². The zero-order valence-electron chi connectivity index (χ0n) is 30.6. The van der Waals surface area contributed by atoms with Crippen LogP contribution in [0.3, 0.4) is 0 Å². The number of rotatable bonds is 5. The summed E-state index contributed by atoms with van der Waals surface area (Å²) in [4.78, 5) is 10.2. The molecule has 0 aliphatic carbocycles. The van der Waals surface area contributed by atoms with E-state index in [-0.39, 0.29) is 6.17 Å². The number of thiophene rings is 2. The highest BCUT2D eigenvalue weighted by Crippen LogP contribution is 2.44. The summed E-state index contributed by atoms with van der Waals surface area (Å²) < 4.78 is 7.52. The molecular weight excluding hydrogens is 733 g/mol. The molecule has 6 heteroatoms. The maximum atomic E-state index is 5.12. The maximum Gasteiger partial charge on any atom is 0.159 e. The number of hydrogen-bond acceptors (Lipinski definition) is 5. The first-order chi connectivity index (χ1) is 28.2. The van der Waals surface area contributed by atoms with Crippen LogP contribution in [0.1, 0.15) is 22.9 Å². The van der Waals surface area contributed by atoms with Crippen molar-refractivity contribution >= 4 is 96.5 Å². The highest BCUT2D eigenvalue weighted by Gasteiger charge is 2.22. The van der Waals surface area contributed by atoms with Gasteiger partial charge in [-0.05, 0) is 77.4 Å². The molecule has 1 N–H and O–H groups in total. The van der Waals surface area contributed by atoms with E-state index in [2.05, 4.69) is 168 Å². The molecule has 0 amide bonds. The first kappa shape index (κ1) is 32.4. The van der Waals surface area contributed by atoms with Gasteiger partial charge in [0.2, 0.25) is 0 Å². The van der Waals surface area contributed by atoms with Crippen molar-refractivity contribution in [1.82, 2.24) is 9.88 Å². The molecule has 1 atom stereocenters. The number of benzene rings is 8. The Morgan fingerprint density at radius 1 is 0.456 bits per heavy atom. The van der Waals surface area contributed by atoms with Gasteiger partial charge in [-0.3, -0.25) is 0 Å². The van der Waals surface area contributed by atoms with Crippen molar-refractivity contribution in [2.45, 2.75) is 6.17 Å². The van der Waals surface area contributed by atoms with Crippen LogP contribution in [0.5, 0.6) is 0 Å². The highest BCUT2D eigenvalue weighted by molar-refractivity contribution is 7.26. The van der Waals surface area contributed by atoms with E-state index in [0.29, 0.717) is 0 Å². The van der Waals surface area contributed by atoms with Crippen LogP contribution >= 0.6 is 22.7 Å². The Morgan fingerprint density at radius 3 is 1.91 bits per heavy atom. The molecule has 0 spiro atoms. The van der Waals surface area contributed by atoms with Gasteiger partial charge >= 0.3 is 0 Å². The van der Waals surface area contributed by atoms with Crippen LogP contribution in [0.15, 0.2) is 192 Å². The van der Waals surface area contributed by atoms with Gasteiger partial charge in [-0.1, -0.05) is 121 Å². The summed E-state index contributed by atoms with van der Waals surface area (Å²) in [7, 11) is 0. The Balaban J connectivity index is 0.971. The summed E-state index contributed by atoms with van der Waals surface area (Å²) in [5.74, 6) is 1.55. The Kier molecular flexibility index (Phi) is 7.30. The molecule has 1 aliphatic heterocycles. The zero-order valence-corrected chi connectivity index (χ0v) is 32.2. The summed E-state index contributed by atoms with van der Waals surface area (Å²) in [6, 6.07) is 65.5. The third kappa shape index (κ3) is 5.26. The average molecular weight is 765 g/mol. The van der Waals surface area contributed by atoms with Crippen LogP contribution < -0.4 is 5.32 Å². The standard InChI is InChI=1S/C51H32N4S2/c1-3-12-31(13-4-1)49-52-50(32-14-5-2-6-15-32)54-51(53-49)34-23-27-45-41(29-34)48-36(18-11-21-46(48)56-45)33-22-26-44-40(28-33)39-25-24-35(30-47(39)57-44)55-42-19-9-7-16-37(42)38-17-8-10-20-43(38)55/h1-30,49H,(H,52,53,54). The van der Waals surface area contributed by atoms with Crippen molar-refractivity contribution in [3.05, 3.63) is 199 Å². The lowest BCUT2D eigenvalue weighted by molar-refractivity contribution is 0.674. The molecule has 11 aromatic rings. The lowest BCUT2D eigenvalue weighted by Crippen LogP contribution is -2.33. The fourth-order valence-corrected chi connectivity index (χ4v) is 10.8. The number of amidine groups is 2. The predicted molar refractivity (Wildman–Crippen MR) is 244 cm³/mol. The van der Waals surface area contributed by atoms with Gasteiger partial charge in [0.05, 0.1) is 11.0 Å². The van der Waals surface area contributed by atoms with Crippen LogP contribution in [0.4, 0.5) is 0 Å². The molecule has 1 aliphatic rings. The lowest BCUT2D eigenvalue weighted by atomic mass is 9.97. The fraction of sp³-hybridized carbons (Fsp3) is 0.0196. The van der Waals surface area contributed by atoms with Gasteiger partial charge in [0.1, 0.15) is 12.0 Å². The Bertz CT molecular complexity index is 3390. The van der Waals surface area contributed by atoms with E-state index in [1.165, 1.54) is 79.0 Å². The second-order valence-electron chi connectivity index (χ2n) is 14.6. The van der Waals surface area contributed by atoms with Crippen molar-refractivity contribution in [3.63, 3.8) is 0 Å². The van der Waals surface area contributed by atoms with Gasteiger partial charge in [-0.15, -0.1) is 22.7 Å². The van der Waals surface area contributed by atoms with Crippen molar-refractivity contribution < 1.29 is 0 Å². The van der Waals surface area contributed by atoms with E-state index in [1.807, 2.05) is 46.9 Å². The van der Waals surface area contributed by atoms with Crippen LogP contribution in [0.25, 0.3) is 79.0 Å². The molecule has 0 saturated heterocycles. The van der Waals surface area contributed by atoms with E-state index >= 15 is 0 Å². The molecule has 0 bridgehead atoms. The van der Waals surface area contributed by atoms with Gasteiger partial charge in [0.15, 0.2) is 5.84 Å². The quantitative estimate of drug-likeness (QED) is 0.186. The second kappa shape index (κ2) is 12.8. The van der Waals surface area contributed by atoms with Crippen molar-refractivity contribution in [2.75, 3.05) is 0 Å². The molecule has 4 nitrogen and oxygen atoms in total. The van der Waals surface area contributed by atoms with Crippen LogP contribution in [0.2, 0.25) is 0 Å². The average Bonchev–Trinajstić information content (AvgIpc) is 3.95. The number of nitrogens with one attached hydrogen (secondary N) is 1. The number of nitrogens with zero attached hydrogens (tertiary/aromatic N) is 3. The first-order valence-electron chi connectivity index (χ1n) is 19.2. The monoisotopic (exact) mass is 764 g/mol. The van der Waals surface area contributed by atoms with Gasteiger partial charge in [0, 0.05) is 67.9 Å². The Hall–Kier alpha value is -6.86. The van der Waals surface area contributed by atoms with Crippen molar-refractivity contribution in [2.24, 2.45) is 9.98 Å². The zero-order chi connectivity index (χ0) is 37.5. The third-order valence-electron chi connectivity index (χ3n) is 11.3. The van der Waals surface area contributed by atoms with Gasteiger partial charge in [-0.25, -0.2) is 9.98 Å². The van der Waals surface area contributed by atoms with Crippen molar-refractivity contribution in [3.8, 4) is 16.8 Å². The number of fused-ring (bicyclic) bond motifs is 9. The third-order valence-corrected chi connectivity index (χ3v) is 13.5. The molecule has 8 aromatic carbocycles. The first-order valence-corrected chi connectivity index (χ1v) is 20.8. The molecule has 268 valence electrons. The highest BCUT2D eigenvalue weighted by atomic mass is 32.1. The number of aliphatic imine (C=N–C) groups is 2. The molecule has 4 heterocycles. The Morgan fingerprint density at radius 2 is 1.12 bits per heavy atom. The number of aromatic nitrogens is 1. The van der Waals surface area contributed by atoms with E-state index in [9.17, 15) is 0 Å². The molecule has 1 unspecified atom stereocenters.